The van der Waals surface area contributed by atoms with Crippen molar-refractivity contribution >= 4 is 29.4 Å². The molecular formula is C24H28N2O5. The van der Waals surface area contributed by atoms with Gasteiger partial charge in [0.2, 0.25) is 11.8 Å². The molecule has 0 aromatic heterocycles. The second kappa shape index (κ2) is 9.04. The normalized spacial score (nSPS) is 21.1. The van der Waals surface area contributed by atoms with E-state index >= 15 is 0 Å². The molecule has 3 aliphatic rings. The van der Waals surface area contributed by atoms with Crippen molar-refractivity contribution in [2.45, 2.75) is 64.3 Å². The van der Waals surface area contributed by atoms with Crippen LogP contribution in [0.1, 0.15) is 58.3 Å². The number of allylic oxidation sites excluding steroid dienone is 1. The van der Waals surface area contributed by atoms with E-state index < -0.39 is 12.0 Å². The molecule has 1 saturated heterocycles. The number of rotatable bonds is 7. The Morgan fingerprint density at radius 3 is 2.48 bits per heavy atom. The van der Waals surface area contributed by atoms with Crippen LogP contribution in [-0.4, -0.2) is 41.2 Å². The van der Waals surface area contributed by atoms with Gasteiger partial charge in [0.05, 0.1) is 12.1 Å². The number of ether oxygens (including phenoxy) is 1. The quantitative estimate of drug-likeness (QED) is 0.290. The number of benzene rings is 1. The van der Waals surface area contributed by atoms with Gasteiger partial charge in [-0.1, -0.05) is 11.6 Å². The molecule has 0 N–H and O–H groups in total. The van der Waals surface area contributed by atoms with Crippen LogP contribution in [0.2, 0.25) is 0 Å². The van der Waals surface area contributed by atoms with Crippen LogP contribution in [0.25, 0.3) is 0 Å². The summed E-state index contributed by atoms with van der Waals surface area (Å²) in [6.45, 7) is 1.78. The second-order valence-corrected chi connectivity index (χ2v) is 8.54. The van der Waals surface area contributed by atoms with Crippen LogP contribution < -0.4 is 9.64 Å². The fourth-order valence-corrected chi connectivity index (χ4v) is 4.34. The average Bonchev–Trinajstić information content (AvgIpc) is 3.56. The number of imide groups is 1. The lowest BCUT2D eigenvalue weighted by Crippen LogP contribution is -2.46. The summed E-state index contributed by atoms with van der Waals surface area (Å²) in [6.07, 6.45) is 9.21. The predicted octanol–water partition coefficient (Wildman–Crippen LogP) is 3.37. The molecule has 0 bridgehead atoms. The molecule has 1 heterocycles. The van der Waals surface area contributed by atoms with E-state index in [-0.39, 0.29) is 30.1 Å². The number of hydrogen-bond acceptors (Lipinski definition) is 5. The minimum atomic E-state index is -0.752. The SMILES string of the molecule is CC(=O)Oc1ccc(N2C(=O)CC(N(CCC3=CCCCC3)C(=O)C3CC3)C2=O)cc1. The Labute approximate surface area is 182 Å². The van der Waals surface area contributed by atoms with Crippen LogP contribution in [0.3, 0.4) is 0 Å². The third kappa shape index (κ3) is 4.86. The molecule has 2 fully saturated rings. The van der Waals surface area contributed by atoms with Crippen molar-refractivity contribution in [2.75, 3.05) is 11.4 Å². The number of nitrogens with zero attached hydrogens (tertiary/aromatic N) is 2. The third-order valence-electron chi connectivity index (χ3n) is 6.12. The van der Waals surface area contributed by atoms with Gasteiger partial charge < -0.3 is 9.64 Å². The van der Waals surface area contributed by atoms with E-state index in [0.717, 1.165) is 37.0 Å². The average molecular weight is 424 g/mol. The van der Waals surface area contributed by atoms with Crippen molar-refractivity contribution in [3.8, 4) is 5.75 Å². The maximum Gasteiger partial charge on any atom is 0.308 e. The van der Waals surface area contributed by atoms with E-state index in [1.807, 2.05) is 0 Å². The van der Waals surface area contributed by atoms with Crippen LogP contribution in [0.15, 0.2) is 35.9 Å². The lowest BCUT2D eigenvalue weighted by atomic mass is 9.97. The minimum absolute atomic E-state index is 0.00202. The van der Waals surface area contributed by atoms with Gasteiger partial charge in [-0.3, -0.25) is 19.2 Å². The number of hydrogen-bond donors (Lipinski definition) is 0. The van der Waals surface area contributed by atoms with E-state index in [2.05, 4.69) is 6.08 Å². The Morgan fingerprint density at radius 1 is 1.13 bits per heavy atom. The maximum absolute atomic E-state index is 13.2. The standard InChI is InChI=1S/C24H28N2O5/c1-16(27)31-20-11-9-19(10-12-20)26-22(28)15-21(24(26)30)25(23(29)18-7-8-18)14-13-17-5-3-2-4-6-17/h5,9-12,18,21H,2-4,6-8,13-15H2,1H3. The first-order chi connectivity index (χ1) is 14.9. The molecular weight excluding hydrogens is 396 g/mol. The van der Waals surface area contributed by atoms with Gasteiger partial charge in [-0.05, 0) is 69.2 Å². The van der Waals surface area contributed by atoms with Crippen LogP contribution in [0.4, 0.5) is 5.69 Å². The molecule has 0 radical (unpaired) electrons. The van der Waals surface area contributed by atoms with Crippen molar-refractivity contribution in [3.05, 3.63) is 35.9 Å². The topological polar surface area (TPSA) is 84.0 Å². The zero-order valence-corrected chi connectivity index (χ0v) is 17.8. The van der Waals surface area contributed by atoms with Crippen LogP contribution in [-0.2, 0) is 19.2 Å². The number of carbonyl (C=O) groups excluding carboxylic acids is 4. The predicted molar refractivity (Wildman–Crippen MR) is 114 cm³/mol. The molecule has 7 heteroatoms. The van der Waals surface area contributed by atoms with Crippen molar-refractivity contribution < 1.29 is 23.9 Å². The minimum Gasteiger partial charge on any atom is -0.427 e. The molecule has 1 aromatic rings. The lowest BCUT2D eigenvalue weighted by Gasteiger charge is -2.28. The fourth-order valence-electron chi connectivity index (χ4n) is 4.34. The first-order valence-corrected chi connectivity index (χ1v) is 11.1. The van der Waals surface area contributed by atoms with Crippen molar-refractivity contribution in [1.29, 1.82) is 0 Å². The molecule has 1 unspecified atom stereocenters. The van der Waals surface area contributed by atoms with Gasteiger partial charge in [0.25, 0.3) is 5.91 Å². The summed E-state index contributed by atoms with van der Waals surface area (Å²) < 4.78 is 5.01. The van der Waals surface area contributed by atoms with Gasteiger partial charge >= 0.3 is 5.97 Å². The molecule has 1 aromatic carbocycles. The Morgan fingerprint density at radius 2 is 1.87 bits per heavy atom. The van der Waals surface area contributed by atoms with Crippen LogP contribution in [0.5, 0.6) is 5.75 Å². The summed E-state index contributed by atoms with van der Waals surface area (Å²) in [5.74, 6) is -0.797. The van der Waals surface area contributed by atoms with E-state index in [1.165, 1.54) is 25.3 Å². The molecule has 7 nitrogen and oxygen atoms in total. The highest BCUT2D eigenvalue weighted by molar-refractivity contribution is 6.23. The Bertz CT molecular complexity index is 916. The van der Waals surface area contributed by atoms with Crippen molar-refractivity contribution in [2.24, 2.45) is 5.92 Å². The number of amides is 3. The van der Waals surface area contributed by atoms with E-state index in [1.54, 1.807) is 29.2 Å². The Kier molecular flexibility index (Phi) is 6.20. The molecule has 164 valence electrons. The highest BCUT2D eigenvalue weighted by Crippen LogP contribution is 2.35. The van der Waals surface area contributed by atoms with Crippen LogP contribution >= 0.6 is 0 Å². The molecule has 0 spiro atoms. The highest BCUT2D eigenvalue weighted by atomic mass is 16.5. The van der Waals surface area contributed by atoms with Gasteiger partial charge in [0.1, 0.15) is 11.8 Å². The molecule has 2 aliphatic carbocycles. The molecule has 31 heavy (non-hydrogen) atoms. The second-order valence-electron chi connectivity index (χ2n) is 8.54. The smallest absolute Gasteiger partial charge is 0.308 e. The Hall–Kier alpha value is -2.96. The molecule has 4 rings (SSSR count). The number of esters is 1. The zero-order chi connectivity index (χ0) is 22.0. The summed E-state index contributed by atoms with van der Waals surface area (Å²) in [5, 5.41) is 0. The van der Waals surface area contributed by atoms with Gasteiger partial charge in [0, 0.05) is 19.4 Å². The molecule has 1 saturated carbocycles. The van der Waals surface area contributed by atoms with Crippen molar-refractivity contribution in [1.82, 2.24) is 4.90 Å². The summed E-state index contributed by atoms with van der Waals surface area (Å²) in [6, 6.07) is 5.51. The number of carbonyl (C=O) groups is 4. The van der Waals surface area contributed by atoms with Crippen molar-refractivity contribution in [3.63, 3.8) is 0 Å². The van der Waals surface area contributed by atoms with Crippen LogP contribution in [0, 0.1) is 5.92 Å². The summed E-state index contributed by atoms with van der Waals surface area (Å²) in [5.41, 5.74) is 1.76. The lowest BCUT2D eigenvalue weighted by molar-refractivity contribution is -0.139. The van der Waals surface area contributed by atoms with E-state index in [0.29, 0.717) is 18.0 Å². The molecule has 1 atom stereocenters. The largest absolute Gasteiger partial charge is 0.427 e. The maximum atomic E-state index is 13.2. The molecule has 1 aliphatic heterocycles. The van der Waals surface area contributed by atoms with Gasteiger partial charge in [0.15, 0.2) is 0 Å². The van der Waals surface area contributed by atoms with Gasteiger partial charge in [-0.25, -0.2) is 4.90 Å². The fraction of sp³-hybridized carbons (Fsp3) is 0.500. The van der Waals surface area contributed by atoms with E-state index in [4.69, 9.17) is 4.74 Å². The monoisotopic (exact) mass is 424 g/mol. The first kappa shape index (κ1) is 21.3. The third-order valence-corrected chi connectivity index (χ3v) is 6.12. The van der Waals surface area contributed by atoms with E-state index in [9.17, 15) is 19.2 Å². The molecule has 3 amide bonds. The first-order valence-electron chi connectivity index (χ1n) is 11.1. The Balaban J connectivity index is 1.50. The van der Waals surface area contributed by atoms with Gasteiger partial charge in [-0.2, -0.15) is 0 Å². The highest BCUT2D eigenvalue weighted by Gasteiger charge is 2.46. The summed E-state index contributed by atoms with van der Waals surface area (Å²) in [4.78, 5) is 52.9. The summed E-state index contributed by atoms with van der Waals surface area (Å²) >= 11 is 0. The number of anilines is 1. The van der Waals surface area contributed by atoms with Gasteiger partial charge in [-0.15, -0.1) is 0 Å². The zero-order valence-electron chi connectivity index (χ0n) is 17.8. The summed E-state index contributed by atoms with van der Waals surface area (Å²) in [7, 11) is 0.